The van der Waals surface area contributed by atoms with Gasteiger partial charge in [0.05, 0.1) is 0 Å². The number of amides is 2. The second-order valence-corrected chi connectivity index (χ2v) is 6.12. The van der Waals surface area contributed by atoms with E-state index in [1.165, 1.54) is 0 Å². The first-order chi connectivity index (χ1) is 10.1. The molecular formula is C16H26N4O. The monoisotopic (exact) mass is 290 g/mol. The molecular weight excluding hydrogens is 264 g/mol. The second kappa shape index (κ2) is 6.87. The first-order valence-electron chi connectivity index (χ1n) is 7.91. The average molecular weight is 290 g/mol. The third-order valence-electron chi connectivity index (χ3n) is 4.70. The van der Waals surface area contributed by atoms with Crippen molar-refractivity contribution < 1.29 is 4.79 Å². The Labute approximate surface area is 127 Å². The molecule has 0 aliphatic carbocycles. The van der Waals surface area contributed by atoms with Crippen LogP contribution in [0.1, 0.15) is 58.1 Å². The van der Waals surface area contributed by atoms with Crippen LogP contribution >= 0.6 is 0 Å². The molecule has 1 aromatic rings. The first kappa shape index (κ1) is 15.7. The van der Waals surface area contributed by atoms with Crippen molar-refractivity contribution in [1.82, 2.24) is 20.2 Å². The fourth-order valence-electron chi connectivity index (χ4n) is 2.71. The smallest absolute Gasteiger partial charge is 0.317 e. The molecule has 1 aliphatic rings. The number of nitrogens with one attached hydrogen (secondary N) is 1. The number of carbonyl (C=O) groups excluding carboxylic acids is 1. The number of rotatable bonds is 4. The van der Waals surface area contributed by atoms with Gasteiger partial charge < -0.3 is 10.2 Å². The van der Waals surface area contributed by atoms with Crippen LogP contribution in [0.25, 0.3) is 0 Å². The number of urea groups is 1. The second-order valence-electron chi connectivity index (χ2n) is 6.12. The fraction of sp³-hybridized carbons (Fsp3) is 0.688. The van der Waals surface area contributed by atoms with Crippen LogP contribution in [-0.4, -0.2) is 39.5 Å². The van der Waals surface area contributed by atoms with Gasteiger partial charge in [-0.3, -0.25) is 0 Å². The molecule has 1 N–H and O–H groups in total. The van der Waals surface area contributed by atoms with E-state index in [9.17, 15) is 4.79 Å². The van der Waals surface area contributed by atoms with E-state index in [4.69, 9.17) is 0 Å². The van der Waals surface area contributed by atoms with Crippen LogP contribution < -0.4 is 5.32 Å². The van der Waals surface area contributed by atoms with Gasteiger partial charge in [0.1, 0.15) is 6.33 Å². The van der Waals surface area contributed by atoms with Crippen molar-refractivity contribution in [1.29, 1.82) is 0 Å². The molecule has 2 heterocycles. The van der Waals surface area contributed by atoms with Crippen molar-refractivity contribution in [3.63, 3.8) is 0 Å². The van der Waals surface area contributed by atoms with E-state index in [2.05, 4.69) is 36.1 Å². The third-order valence-corrected chi connectivity index (χ3v) is 4.70. The van der Waals surface area contributed by atoms with Gasteiger partial charge >= 0.3 is 6.03 Å². The lowest BCUT2D eigenvalue weighted by atomic mass is 9.94. The molecule has 0 bridgehead atoms. The summed E-state index contributed by atoms with van der Waals surface area (Å²) in [4.78, 5) is 22.7. The Balaban J connectivity index is 1.99. The van der Waals surface area contributed by atoms with Gasteiger partial charge in [-0.1, -0.05) is 13.8 Å². The van der Waals surface area contributed by atoms with Gasteiger partial charge in [-0.25, -0.2) is 14.8 Å². The summed E-state index contributed by atoms with van der Waals surface area (Å²) in [6.07, 6.45) is 7.35. The summed E-state index contributed by atoms with van der Waals surface area (Å²) in [6.45, 7) is 7.91. The topological polar surface area (TPSA) is 58.1 Å². The van der Waals surface area contributed by atoms with Crippen LogP contribution in [0.5, 0.6) is 0 Å². The van der Waals surface area contributed by atoms with Crippen LogP contribution in [0.3, 0.4) is 0 Å². The van der Waals surface area contributed by atoms with Gasteiger partial charge in [0.2, 0.25) is 0 Å². The first-order valence-corrected chi connectivity index (χ1v) is 7.91. The summed E-state index contributed by atoms with van der Waals surface area (Å²) in [5.41, 5.74) is 0.926. The van der Waals surface area contributed by atoms with Crippen molar-refractivity contribution in [3.8, 4) is 0 Å². The van der Waals surface area contributed by atoms with E-state index in [0.29, 0.717) is 5.92 Å². The Morgan fingerprint density at radius 3 is 2.86 bits per heavy atom. The van der Waals surface area contributed by atoms with E-state index in [1.807, 2.05) is 11.0 Å². The zero-order valence-corrected chi connectivity index (χ0v) is 13.3. The molecule has 0 unspecified atom stereocenters. The lowest BCUT2D eigenvalue weighted by Crippen LogP contribution is -2.53. The Bertz CT molecular complexity index is 459. The summed E-state index contributed by atoms with van der Waals surface area (Å²) in [5.74, 6) is 0.321. The molecule has 2 rings (SSSR count). The van der Waals surface area contributed by atoms with Crippen molar-refractivity contribution in [2.75, 3.05) is 13.1 Å². The highest BCUT2D eigenvalue weighted by Crippen LogP contribution is 2.25. The lowest BCUT2D eigenvalue weighted by Gasteiger charge is -2.36. The van der Waals surface area contributed by atoms with E-state index in [-0.39, 0.29) is 11.6 Å². The van der Waals surface area contributed by atoms with Gasteiger partial charge in [-0.05, 0) is 38.7 Å². The quantitative estimate of drug-likeness (QED) is 0.927. The maximum Gasteiger partial charge on any atom is 0.317 e. The summed E-state index contributed by atoms with van der Waals surface area (Å²) in [7, 11) is 0. The Kier molecular flexibility index (Phi) is 5.15. The van der Waals surface area contributed by atoms with Crippen LogP contribution in [-0.2, 0) is 0 Å². The van der Waals surface area contributed by atoms with Gasteiger partial charge in [0.15, 0.2) is 0 Å². The number of aromatic nitrogens is 2. The van der Waals surface area contributed by atoms with Crippen molar-refractivity contribution >= 4 is 6.03 Å². The molecule has 5 nitrogen and oxygen atoms in total. The Hall–Kier alpha value is -1.65. The van der Waals surface area contributed by atoms with E-state index < -0.39 is 0 Å². The minimum absolute atomic E-state index is 0.0555. The molecule has 1 aliphatic heterocycles. The largest absolute Gasteiger partial charge is 0.333 e. The maximum absolute atomic E-state index is 12.5. The van der Waals surface area contributed by atoms with Crippen molar-refractivity contribution in [3.05, 3.63) is 24.3 Å². The molecule has 1 saturated heterocycles. The summed E-state index contributed by atoms with van der Waals surface area (Å²) in [6, 6.07) is 2.01. The van der Waals surface area contributed by atoms with E-state index >= 15 is 0 Å². The Morgan fingerprint density at radius 1 is 1.48 bits per heavy atom. The van der Waals surface area contributed by atoms with Crippen LogP contribution in [0.4, 0.5) is 4.79 Å². The normalized spacial score (nSPS) is 19.4. The number of carbonyl (C=O) groups is 1. The lowest BCUT2D eigenvalue weighted by molar-refractivity contribution is 0.165. The number of hydrogen-bond donors (Lipinski definition) is 1. The van der Waals surface area contributed by atoms with Gasteiger partial charge in [-0.2, -0.15) is 0 Å². The van der Waals surface area contributed by atoms with Crippen LogP contribution in [0, 0.1) is 0 Å². The summed E-state index contributed by atoms with van der Waals surface area (Å²) in [5, 5.41) is 3.19. The molecule has 0 saturated carbocycles. The highest BCUT2D eigenvalue weighted by Gasteiger charge is 2.29. The minimum atomic E-state index is -0.112. The van der Waals surface area contributed by atoms with E-state index in [1.54, 1.807) is 12.5 Å². The highest BCUT2D eigenvalue weighted by atomic mass is 16.2. The Morgan fingerprint density at radius 2 is 2.24 bits per heavy atom. The average Bonchev–Trinajstić information content (AvgIpc) is 2.55. The SMILES string of the molecule is CCC(C)(CC)NC(=O)N1CCC[C@@H](c2ccncn2)C1. The predicted octanol–water partition coefficient (Wildman–Crippen LogP) is 2.94. The molecule has 5 heteroatoms. The molecule has 1 aromatic heterocycles. The van der Waals surface area contributed by atoms with Crippen molar-refractivity contribution in [2.45, 2.75) is 57.9 Å². The predicted molar refractivity (Wildman–Crippen MR) is 83.1 cm³/mol. The fourth-order valence-corrected chi connectivity index (χ4v) is 2.71. The summed E-state index contributed by atoms with van der Waals surface area (Å²) >= 11 is 0. The minimum Gasteiger partial charge on any atom is -0.333 e. The number of hydrogen-bond acceptors (Lipinski definition) is 3. The molecule has 2 amide bonds. The molecule has 21 heavy (non-hydrogen) atoms. The molecule has 1 fully saturated rings. The molecule has 1 atom stereocenters. The number of piperidine rings is 1. The van der Waals surface area contributed by atoms with Gasteiger partial charge in [-0.15, -0.1) is 0 Å². The number of nitrogens with zero attached hydrogens (tertiary/aromatic N) is 3. The maximum atomic E-state index is 12.5. The van der Waals surface area contributed by atoms with Crippen LogP contribution in [0.15, 0.2) is 18.6 Å². The molecule has 0 spiro atoms. The molecule has 0 aromatic carbocycles. The standard InChI is InChI=1S/C16H26N4O/c1-4-16(3,5-2)19-15(21)20-10-6-7-13(11-20)14-8-9-17-12-18-14/h8-9,12-13H,4-7,10-11H2,1-3H3,(H,19,21)/t13-/m1/s1. The van der Waals surface area contributed by atoms with Gasteiger partial charge in [0, 0.05) is 36.4 Å². The zero-order valence-electron chi connectivity index (χ0n) is 13.3. The summed E-state index contributed by atoms with van der Waals surface area (Å²) < 4.78 is 0. The van der Waals surface area contributed by atoms with Gasteiger partial charge in [0.25, 0.3) is 0 Å². The number of likely N-dealkylation sites (tertiary alicyclic amines) is 1. The van der Waals surface area contributed by atoms with Crippen molar-refractivity contribution in [2.24, 2.45) is 0 Å². The zero-order chi connectivity index (χ0) is 15.3. The third kappa shape index (κ3) is 3.93. The highest BCUT2D eigenvalue weighted by molar-refractivity contribution is 5.75. The van der Waals surface area contributed by atoms with E-state index in [0.717, 1.165) is 44.5 Å². The molecule has 0 radical (unpaired) electrons. The molecule has 116 valence electrons. The van der Waals surface area contributed by atoms with Crippen LogP contribution in [0.2, 0.25) is 0 Å².